The Labute approximate surface area is 186 Å². The Bertz CT molecular complexity index is 655. The van der Waals surface area contributed by atoms with Crippen LogP contribution in [-0.4, -0.2) is 52.5 Å². The minimum absolute atomic E-state index is 0. The lowest BCUT2D eigenvalue weighted by molar-refractivity contribution is 0.0888. The summed E-state index contributed by atoms with van der Waals surface area (Å²) in [6.45, 7) is 5.33. The van der Waals surface area contributed by atoms with Crippen LogP contribution in [0.5, 0.6) is 0 Å². The van der Waals surface area contributed by atoms with Gasteiger partial charge in [0.15, 0.2) is 5.96 Å². The van der Waals surface area contributed by atoms with Crippen LogP contribution in [0.1, 0.15) is 44.1 Å². The summed E-state index contributed by atoms with van der Waals surface area (Å²) in [5, 5.41) is 3.56. The van der Waals surface area contributed by atoms with Crippen molar-refractivity contribution >= 4 is 35.6 Å². The average Bonchev–Trinajstić information content (AvgIpc) is 3.44. The SMILES string of the molecule is CN=C(NCCCOCC1CCOC1)N1CC2(CCCC2)c2ccccc21.I. The molecule has 1 N–H and O–H groups in total. The Balaban J connectivity index is 0.00000225. The molecule has 28 heavy (non-hydrogen) atoms. The summed E-state index contributed by atoms with van der Waals surface area (Å²) in [5.41, 5.74) is 3.19. The second-order valence-corrected chi connectivity index (χ2v) is 8.22. The molecule has 0 amide bonds. The smallest absolute Gasteiger partial charge is 0.198 e. The Hall–Kier alpha value is -0.860. The van der Waals surface area contributed by atoms with Gasteiger partial charge in [-0.15, -0.1) is 24.0 Å². The lowest BCUT2D eigenvalue weighted by atomic mass is 9.81. The molecule has 1 aromatic rings. The van der Waals surface area contributed by atoms with Gasteiger partial charge in [-0.25, -0.2) is 0 Å². The quantitative estimate of drug-likeness (QED) is 0.279. The van der Waals surface area contributed by atoms with Crippen LogP contribution in [0.25, 0.3) is 0 Å². The van der Waals surface area contributed by atoms with Crippen molar-refractivity contribution in [2.45, 2.75) is 43.9 Å². The zero-order valence-corrected chi connectivity index (χ0v) is 19.3. The van der Waals surface area contributed by atoms with Crippen molar-refractivity contribution < 1.29 is 9.47 Å². The molecule has 3 aliphatic rings. The second-order valence-electron chi connectivity index (χ2n) is 8.22. The maximum absolute atomic E-state index is 5.82. The highest BCUT2D eigenvalue weighted by molar-refractivity contribution is 14.0. The van der Waals surface area contributed by atoms with Crippen LogP contribution in [-0.2, 0) is 14.9 Å². The molecule has 5 nitrogen and oxygen atoms in total. The molecule has 4 rings (SSSR count). The maximum atomic E-state index is 5.82. The number of fused-ring (bicyclic) bond motifs is 2. The van der Waals surface area contributed by atoms with E-state index in [0.717, 1.165) is 58.3 Å². The van der Waals surface area contributed by atoms with Crippen molar-refractivity contribution in [1.82, 2.24) is 5.32 Å². The molecule has 0 bridgehead atoms. The Morgan fingerprint density at radius 3 is 2.89 bits per heavy atom. The third-order valence-electron chi connectivity index (χ3n) is 6.38. The number of nitrogens with zero attached hydrogens (tertiary/aromatic N) is 2. The van der Waals surface area contributed by atoms with E-state index in [9.17, 15) is 0 Å². The van der Waals surface area contributed by atoms with E-state index in [0.29, 0.717) is 11.3 Å². The van der Waals surface area contributed by atoms with Crippen LogP contribution in [0.3, 0.4) is 0 Å². The fraction of sp³-hybridized carbons (Fsp3) is 0.682. The number of guanidine groups is 1. The molecule has 156 valence electrons. The molecule has 2 fully saturated rings. The van der Waals surface area contributed by atoms with E-state index in [-0.39, 0.29) is 24.0 Å². The molecule has 1 unspecified atom stereocenters. The normalized spacial score (nSPS) is 23.1. The Morgan fingerprint density at radius 2 is 2.14 bits per heavy atom. The predicted molar refractivity (Wildman–Crippen MR) is 125 cm³/mol. The molecule has 0 aromatic heterocycles. The van der Waals surface area contributed by atoms with Crippen LogP contribution in [0.15, 0.2) is 29.3 Å². The second kappa shape index (κ2) is 10.3. The largest absolute Gasteiger partial charge is 0.381 e. The van der Waals surface area contributed by atoms with Crippen LogP contribution in [0.4, 0.5) is 5.69 Å². The van der Waals surface area contributed by atoms with Gasteiger partial charge in [-0.2, -0.15) is 0 Å². The molecule has 1 atom stereocenters. The number of nitrogens with one attached hydrogen (secondary N) is 1. The standard InChI is InChI=1S/C22H33N3O2.HI/c1-23-21(24-12-6-13-26-15-18-9-14-27-16-18)25-17-22(10-4-5-11-22)19-7-2-3-8-20(19)25;/h2-3,7-8,18H,4-6,9-17H2,1H3,(H,23,24);1H. The minimum atomic E-state index is 0. The molecule has 6 heteroatoms. The Kier molecular flexibility index (Phi) is 8.00. The fourth-order valence-electron chi connectivity index (χ4n) is 4.93. The summed E-state index contributed by atoms with van der Waals surface area (Å²) >= 11 is 0. The number of benzene rings is 1. The van der Waals surface area contributed by atoms with Gasteiger partial charge in [-0.1, -0.05) is 31.0 Å². The van der Waals surface area contributed by atoms with Gasteiger partial charge < -0.3 is 19.7 Å². The predicted octanol–water partition coefficient (Wildman–Crippen LogP) is 3.96. The summed E-state index contributed by atoms with van der Waals surface area (Å²) in [6.07, 6.45) is 7.43. The third kappa shape index (κ3) is 4.65. The third-order valence-corrected chi connectivity index (χ3v) is 6.38. The molecule has 2 heterocycles. The lowest BCUT2D eigenvalue weighted by Crippen LogP contribution is -2.43. The van der Waals surface area contributed by atoms with Crippen molar-refractivity contribution in [1.29, 1.82) is 0 Å². The van der Waals surface area contributed by atoms with E-state index >= 15 is 0 Å². The average molecular weight is 499 g/mol. The number of hydrogen-bond donors (Lipinski definition) is 1. The van der Waals surface area contributed by atoms with Gasteiger partial charge >= 0.3 is 0 Å². The highest BCUT2D eigenvalue weighted by Crippen LogP contribution is 2.50. The first-order valence-corrected chi connectivity index (χ1v) is 10.6. The zero-order chi connectivity index (χ0) is 18.5. The summed E-state index contributed by atoms with van der Waals surface area (Å²) in [7, 11) is 1.89. The van der Waals surface area contributed by atoms with Gasteiger partial charge in [0.2, 0.25) is 0 Å². The fourth-order valence-corrected chi connectivity index (χ4v) is 4.93. The highest BCUT2D eigenvalue weighted by atomic mass is 127. The molecular formula is C22H34IN3O2. The number of halogens is 1. The number of aliphatic imine (C=N–C) groups is 1. The van der Waals surface area contributed by atoms with E-state index in [1.54, 1.807) is 0 Å². The van der Waals surface area contributed by atoms with Gasteiger partial charge in [0.05, 0.1) is 13.2 Å². The minimum Gasteiger partial charge on any atom is -0.381 e. The van der Waals surface area contributed by atoms with E-state index < -0.39 is 0 Å². The lowest BCUT2D eigenvalue weighted by Gasteiger charge is -2.26. The first-order valence-electron chi connectivity index (χ1n) is 10.6. The maximum Gasteiger partial charge on any atom is 0.198 e. The molecular weight excluding hydrogens is 465 g/mol. The van der Waals surface area contributed by atoms with Crippen molar-refractivity contribution in [3.8, 4) is 0 Å². The first-order chi connectivity index (χ1) is 13.3. The summed E-state index contributed by atoms with van der Waals surface area (Å²) in [5.74, 6) is 1.59. The molecule has 1 spiro atoms. The van der Waals surface area contributed by atoms with Crippen LogP contribution in [0.2, 0.25) is 0 Å². The van der Waals surface area contributed by atoms with Gasteiger partial charge in [0, 0.05) is 50.4 Å². The highest BCUT2D eigenvalue weighted by Gasteiger charge is 2.45. The molecule has 0 radical (unpaired) electrons. The van der Waals surface area contributed by atoms with Gasteiger partial charge in [0.25, 0.3) is 0 Å². The number of hydrogen-bond acceptors (Lipinski definition) is 3. The van der Waals surface area contributed by atoms with Gasteiger partial charge in [-0.05, 0) is 37.3 Å². The first kappa shape index (κ1) is 21.8. The summed E-state index contributed by atoms with van der Waals surface area (Å²) in [6, 6.07) is 8.91. The molecule has 1 aliphatic carbocycles. The van der Waals surface area contributed by atoms with Crippen LogP contribution >= 0.6 is 24.0 Å². The number of para-hydroxylation sites is 1. The van der Waals surface area contributed by atoms with Crippen molar-refractivity contribution in [2.75, 3.05) is 51.5 Å². The zero-order valence-electron chi connectivity index (χ0n) is 17.0. The number of rotatable bonds is 6. The van der Waals surface area contributed by atoms with E-state index in [2.05, 4.69) is 39.5 Å². The van der Waals surface area contributed by atoms with Gasteiger partial charge in [-0.3, -0.25) is 4.99 Å². The topological polar surface area (TPSA) is 46.1 Å². The number of ether oxygens (including phenoxy) is 2. The Morgan fingerprint density at radius 1 is 1.32 bits per heavy atom. The van der Waals surface area contributed by atoms with Crippen LogP contribution in [0, 0.1) is 5.92 Å². The van der Waals surface area contributed by atoms with E-state index in [1.807, 2.05) is 7.05 Å². The van der Waals surface area contributed by atoms with Crippen molar-refractivity contribution in [2.24, 2.45) is 10.9 Å². The summed E-state index contributed by atoms with van der Waals surface area (Å²) in [4.78, 5) is 6.98. The van der Waals surface area contributed by atoms with Crippen LogP contribution < -0.4 is 10.2 Å². The molecule has 1 saturated carbocycles. The van der Waals surface area contributed by atoms with Crippen molar-refractivity contribution in [3.05, 3.63) is 29.8 Å². The molecule has 1 aromatic carbocycles. The summed E-state index contributed by atoms with van der Waals surface area (Å²) < 4.78 is 11.2. The van der Waals surface area contributed by atoms with Crippen molar-refractivity contribution in [3.63, 3.8) is 0 Å². The van der Waals surface area contributed by atoms with E-state index in [4.69, 9.17) is 9.47 Å². The molecule has 1 saturated heterocycles. The van der Waals surface area contributed by atoms with E-state index in [1.165, 1.54) is 36.9 Å². The molecule has 2 aliphatic heterocycles. The number of anilines is 1. The van der Waals surface area contributed by atoms with Gasteiger partial charge in [0.1, 0.15) is 0 Å². The monoisotopic (exact) mass is 499 g/mol.